The first kappa shape index (κ1) is 18.2. The van der Waals surface area contributed by atoms with E-state index in [0.29, 0.717) is 11.3 Å². The van der Waals surface area contributed by atoms with Gasteiger partial charge in [-0.1, -0.05) is 40.2 Å². The van der Waals surface area contributed by atoms with Crippen LogP contribution < -0.4 is 10.6 Å². The van der Waals surface area contributed by atoms with Gasteiger partial charge in [0.15, 0.2) is 0 Å². The van der Waals surface area contributed by atoms with Crippen molar-refractivity contribution in [2.45, 2.75) is 32.7 Å². The SMILES string of the molecule is CC(C)(C)NC(=O)c1ccccc1NC(=O)Cc1ccc(Br)cc1. The van der Waals surface area contributed by atoms with Gasteiger partial charge in [-0.2, -0.15) is 0 Å². The number of rotatable bonds is 4. The number of hydrogen-bond donors (Lipinski definition) is 2. The Morgan fingerprint density at radius 1 is 1.00 bits per heavy atom. The molecule has 4 nitrogen and oxygen atoms in total. The third-order valence-electron chi connectivity index (χ3n) is 3.21. The molecule has 0 atom stereocenters. The lowest BCUT2D eigenvalue weighted by atomic mass is 10.1. The Bertz CT molecular complexity index is 734. The molecule has 126 valence electrons. The summed E-state index contributed by atoms with van der Waals surface area (Å²) in [6, 6.07) is 14.6. The van der Waals surface area contributed by atoms with E-state index < -0.39 is 0 Å². The number of amides is 2. The van der Waals surface area contributed by atoms with Crippen LogP contribution in [0, 0.1) is 0 Å². The van der Waals surface area contributed by atoms with Gasteiger partial charge in [-0.3, -0.25) is 9.59 Å². The highest BCUT2D eigenvalue weighted by Crippen LogP contribution is 2.17. The second-order valence-corrected chi connectivity index (χ2v) is 7.52. The van der Waals surface area contributed by atoms with Crippen molar-refractivity contribution in [1.82, 2.24) is 5.32 Å². The van der Waals surface area contributed by atoms with E-state index in [2.05, 4.69) is 26.6 Å². The van der Waals surface area contributed by atoms with Crippen LogP contribution in [0.3, 0.4) is 0 Å². The number of carbonyl (C=O) groups excluding carboxylic acids is 2. The van der Waals surface area contributed by atoms with Crippen LogP contribution in [0.25, 0.3) is 0 Å². The van der Waals surface area contributed by atoms with E-state index in [1.807, 2.05) is 45.0 Å². The van der Waals surface area contributed by atoms with Gasteiger partial charge in [0.25, 0.3) is 5.91 Å². The van der Waals surface area contributed by atoms with Crippen molar-refractivity contribution in [2.24, 2.45) is 0 Å². The summed E-state index contributed by atoms with van der Waals surface area (Å²) in [5.74, 6) is -0.365. The van der Waals surface area contributed by atoms with Crippen LogP contribution in [-0.4, -0.2) is 17.4 Å². The predicted molar refractivity (Wildman–Crippen MR) is 100 cm³/mol. The lowest BCUT2D eigenvalue weighted by molar-refractivity contribution is -0.115. The maximum absolute atomic E-state index is 12.4. The van der Waals surface area contributed by atoms with E-state index in [9.17, 15) is 9.59 Å². The minimum absolute atomic E-state index is 0.159. The molecule has 0 heterocycles. The van der Waals surface area contributed by atoms with Crippen molar-refractivity contribution in [2.75, 3.05) is 5.32 Å². The van der Waals surface area contributed by atoms with Crippen molar-refractivity contribution in [1.29, 1.82) is 0 Å². The molecule has 0 aromatic heterocycles. The highest BCUT2D eigenvalue weighted by molar-refractivity contribution is 9.10. The number of para-hydroxylation sites is 1. The van der Waals surface area contributed by atoms with Crippen LogP contribution in [0.5, 0.6) is 0 Å². The van der Waals surface area contributed by atoms with Gasteiger partial charge in [-0.15, -0.1) is 0 Å². The molecule has 0 saturated heterocycles. The highest BCUT2D eigenvalue weighted by Gasteiger charge is 2.18. The molecule has 0 saturated carbocycles. The molecular weight excluding hydrogens is 368 g/mol. The van der Waals surface area contributed by atoms with Crippen molar-refractivity contribution in [3.8, 4) is 0 Å². The Kier molecular flexibility index (Phi) is 5.78. The largest absolute Gasteiger partial charge is 0.347 e. The first-order valence-electron chi connectivity index (χ1n) is 7.70. The fraction of sp³-hybridized carbons (Fsp3) is 0.263. The molecule has 0 radical (unpaired) electrons. The van der Waals surface area contributed by atoms with E-state index in [1.54, 1.807) is 24.3 Å². The maximum Gasteiger partial charge on any atom is 0.253 e. The Morgan fingerprint density at radius 3 is 2.25 bits per heavy atom. The molecule has 0 aliphatic rings. The third-order valence-corrected chi connectivity index (χ3v) is 3.74. The van der Waals surface area contributed by atoms with Gasteiger partial charge in [0.2, 0.25) is 5.91 Å². The van der Waals surface area contributed by atoms with Crippen molar-refractivity contribution in [3.63, 3.8) is 0 Å². The first-order chi connectivity index (χ1) is 11.2. The fourth-order valence-electron chi connectivity index (χ4n) is 2.18. The predicted octanol–water partition coefficient (Wildman–Crippen LogP) is 4.16. The molecule has 2 amide bonds. The molecule has 2 aromatic rings. The van der Waals surface area contributed by atoms with Crippen molar-refractivity contribution < 1.29 is 9.59 Å². The van der Waals surface area contributed by atoms with Crippen LogP contribution >= 0.6 is 15.9 Å². The summed E-state index contributed by atoms with van der Waals surface area (Å²) in [7, 11) is 0. The molecule has 5 heteroatoms. The van der Waals surface area contributed by atoms with Crippen molar-refractivity contribution in [3.05, 3.63) is 64.1 Å². The molecule has 0 spiro atoms. The molecule has 0 unspecified atom stereocenters. The van der Waals surface area contributed by atoms with E-state index >= 15 is 0 Å². The number of hydrogen-bond acceptors (Lipinski definition) is 2. The van der Waals surface area contributed by atoms with E-state index in [0.717, 1.165) is 10.0 Å². The standard InChI is InChI=1S/C19H21BrN2O2/c1-19(2,3)22-18(24)15-6-4-5-7-16(15)21-17(23)12-13-8-10-14(20)11-9-13/h4-11H,12H2,1-3H3,(H,21,23)(H,22,24). The average Bonchev–Trinajstić information content (AvgIpc) is 2.48. The molecule has 2 rings (SSSR count). The van der Waals surface area contributed by atoms with Crippen LogP contribution in [0.1, 0.15) is 36.7 Å². The lowest BCUT2D eigenvalue weighted by Gasteiger charge is -2.21. The van der Waals surface area contributed by atoms with E-state index in [1.165, 1.54) is 0 Å². The van der Waals surface area contributed by atoms with Gasteiger partial charge in [0.05, 0.1) is 17.7 Å². The molecule has 24 heavy (non-hydrogen) atoms. The Balaban J connectivity index is 2.10. The van der Waals surface area contributed by atoms with Gasteiger partial charge in [0.1, 0.15) is 0 Å². The molecule has 0 aliphatic carbocycles. The summed E-state index contributed by atoms with van der Waals surface area (Å²) in [6.45, 7) is 5.75. The zero-order valence-electron chi connectivity index (χ0n) is 14.0. The van der Waals surface area contributed by atoms with Crippen LogP contribution in [0.15, 0.2) is 53.0 Å². The van der Waals surface area contributed by atoms with Gasteiger partial charge in [-0.05, 0) is 50.6 Å². The molecule has 0 bridgehead atoms. The number of carbonyl (C=O) groups is 2. The second-order valence-electron chi connectivity index (χ2n) is 6.60. The monoisotopic (exact) mass is 388 g/mol. The number of nitrogens with one attached hydrogen (secondary N) is 2. The first-order valence-corrected chi connectivity index (χ1v) is 8.50. The minimum Gasteiger partial charge on any atom is -0.347 e. The van der Waals surface area contributed by atoms with E-state index in [4.69, 9.17) is 0 Å². The number of halogens is 1. The lowest BCUT2D eigenvalue weighted by Crippen LogP contribution is -2.40. The van der Waals surface area contributed by atoms with Crippen LogP contribution in [0.2, 0.25) is 0 Å². The second kappa shape index (κ2) is 7.62. The summed E-state index contributed by atoms with van der Waals surface area (Å²) in [5.41, 5.74) is 1.54. The average molecular weight is 389 g/mol. The normalized spacial score (nSPS) is 11.0. The van der Waals surface area contributed by atoms with Crippen LogP contribution in [-0.2, 0) is 11.2 Å². The zero-order valence-corrected chi connectivity index (χ0v) is 15.6. The summed E-state index contributed by atoms with van der Waals surface area (Å²) in [4.78, 5) is 24.7. The Hall–Kier alpha value is -2.14. The molecule has 0 aliphatic heterocycles. The zero-order chi connectivity index (χ0) is 17.7. The summed E-state index contributed by atoms with van der Waals surface area (Å²) in [5, 5.41) is 5.74. The quantitative estimate of drug-likeness (QED) is 0.825. The van der Waals surface area contributed by atoms with Gasteiger partial charge < -0.3 is 10.6 Å². The highest BCUT2D eigenvalue weighted by atomic mass is 79.9. The molecule has 0 fully saturated rings. The van der Waals surface area contributed by atoms with E-state index in [-0.39, 0.29) is 23.8 Å². The summed E-state index contributed by atoms with van der Waals surface area (Å²) < 4.78 is 0.968. The minimum atomic E-state index is -0.342. The smallest absolute Gasteiger partial charge is 0.253 e. The maximum atomic E-state index is 12.4. The van der Waals surface area contributed by atoms with Gasteiger partial charge >= 0.3 is 0 Å². The Labute approximate surface area is 150 Å². The molecular formula is C19H21BrN2O2. The third kappa shape index (κ3) is 5.49. The number of benzene rings is 2. The fourth-order valence-corrected chi connectivity index (χ4v) is 2.44. The van der Waals surface area contributed by atoms with Gasteiger partial charge in [-0.25, -0.2) is 0 Å². The summed E-state index contributed by atoms with van der Waals surface area (Å²) >= 11 is 3.37. The summed E-state index contributed by atoms with van der Waals surface area (Å²) in [6.07, 6.45) is 0.252. The molecule has 2 aromatic carbocycles. The van der Waals surface area contributed by atoms with Crippen LogP contribution in [0.4, 0.5) is 5.69 Å². The number of anilines is 1. The van der Waals surface area contributed by atoms with Gasteiger partial charge in [0, 0.05) is 10.0 Å². The Morgan fingerprint density at radius 2 is 1.62 bits per heavy atom. The topological polar surface area (TPSA) is 58.2 Å². The van der Waals surface area contributed by atoms with Crippen molar-refractivity contribution >= 4 is 33.4 Å². The molecule has 2 N–H and O–H groups in total.